The molecule has 1 fully saturated rings. The van der Waals surface area contributed by atoms with Crippen molar-refractivity contribution in [2.45, 2.75) is 19.8 Å². The Bertz CT molecular complexity index is 270. The van der Waals surface area contributed by atoms with E-state index in [1.165, 1.54) is 6.42 Å². The minimum atomic E-state index is -0.781. The van der Waals surface area contributed by atoms with E-state index in [0.717, 1.165) is 32.6 Å². The summed E-state index contributed by atoms with van der Waals surface area (Å²) in [7, 11) is 0. The quantitative estimate of drug-likeness (QED) is 0.606. The molecule has 0 radical (unpaired) electrons. The van der Waals surface area contributed by atoms with Gasteiger partial charge in [0.25, 0.3) is 0 Å². The highest BCUT2D eigenvalue weighted by atomic mass is 16.2. The molecule has 1 aliphatic rings. The topological polar surface area (TPSA) is 87.5 Å². The third-order valence-corrected chi connectivity index (χ3v) is 2.92. The molecule has 1 rings (SSSR count). The molecule has 1 atom stereocenters. The number of nitrogens with two attached hydrogens (primary N) is 1. The predicted octanol–water partition coefficient (Wildman–Crippen LogP) is -0.497. The number of hydrogen-bond donors (Lipinski definition) is 3. The maximum Gasteiger partial charge on any atom is 0.318 e. The number of carbonyl (C=O) groups excluding carboxylic acids is 2. The molecule has 1 aliphatic heterocycles. The van der Waals surface area contributed by atoms with Gasteiger partial charge in [0, 0.05) is 6.54 Å². The Hall–Kier alpha value is -1.14. The molecule has 0 saturated carbocycles. The zero-order valence-electron chi connectivity index (χ0n) is 10.4. The van der Waals surface area contributed by atoms with Crippen LogP contribution >= 0.6 is 0 Å². The van der Waals surface area contributed by atoms with Crippen LogP contribution in [0.3, 0.4) is 0 Å². The molecule has 0 aromatic heterocycles. The summed E-state index contributed by atoms with van der Waals surface area (Å²) in [5.41, 5.74) is 4.89. The van der Waals surface area contributed by atoms with Crippen molar-refractivity contribution in [3.05, 3.63) is 0 Å². The fourth-order valence-electron chi connectivity index (χ4n) is 2.19. The molecule has 1 heterocycles. The lowest BCUT2D eigenvalue weighted by molar-refractivity contribution is -0.121. The van der Waals surface area contributed by atoms with Gasteiger partial charge in [0.1, 0.15) is 0 Å². The van der Waals surface area contributed by atoms with Crippen LogP contribution in [0.1, 0.15) is 19.8 Å². The van der Waals surface area contributed by atoms with Crippen LogP contribution in [-0.2, 0) is 4.79 Å². The maximum atomic E-state index is 11.4. The van der Waals surface area contributed by atoms with Gasteiger partial charge in [0.05, 0.1) is 6.54 Å². The third kappa shape index (κ3) is 5.65. The first-order valence-electron chi connectivity index (χ1n) is 6.14. The van der Waals surface area contributed by atoms with Crippen LogP contribution in [0.15, 0.2) is 0 Å². The van der Waals surface area contributed by atoms with Gasteiger partial charge in [0.15, 0.2) is 0 Å². The number of hydrogen-bond acceptors (Lipinski definition) is 4. The highest BCUT2D eigenvalue weighted by Gasteiger charge is 2.21. The van der Waals surface area contributed by atoms with Gasteiger partial charge >= 0.3 is 6.03 Å². The molecular formula is C11H22N4O2. The van der Waals surface area contributed by atoms with Gasteiger partial charge in [-0.05, 0) is 38.4 Å². The van der Waals surface area contributed by atoms with E-state index in [1.807, 2.05) is 0 Å². The van der Waals surface area contributed by atoms with Gasteiger partial charge in [-0.25, -0.2) is 4.79 Å². The number of amides is 3. The van der Waals surface area contributed by atoms with Crippen molar-refractivity contribution in [3.8, 4) is 0 Å². The zero-order chi connectivity index (χ0) is 12.7. The summed E-state index contributed by atoms with van der Waals surface area (Å²) < 4.78 is 0. The summed E-state index contributed by atoms with van der Waals surface area (Å²) in [6.45, 7) is 6.11. The largest absolute Gasteiger partial charge is 0.351 e. The molecule has 6 heteroatoms. The van der Waals surface area contributed by atoms with E-state index in [9.17, 15) is 9.59 Å². The van der Waals surface area contributed by atoms with Gasteiger partial charge < -0.3 is 11.1 Å². The lowest BCUT2D eigenvalue weighted by Crippen LogP contribution is -2.46. The summed E-state index contributed by atoms with van der Waals surface area (Å²) in [5.74, 6) is 0.270. The second kappa shape index (κ2) is 7.24. The van der Waals surface area contributed by atoms with Crippen molar-refractivity contribution >= 4 is 11.9 Å². The van der Waals surface area contributed by atoms with E-state index < -0.39 is 6.03 Å². The van der Waals surface area contributed by atoms with E-state index in [4.69, 9.17) is 5.73 Å². The average molecular weight is 242 g/mol. The van der Waals surface area contributed by atoms with Crippen LogP contribution in [-0.4, -0.2) is 49.6 Å². The standard InChI is InChI=1S/C11H22N4O2/c1-2-13-6-9-4-3-5-15(7-9)8-10(16)14-11(12)17/h9,13H,2-8H2,1H3,(H3,12,14,16,17). The van der Waals surface area contributed by atoms with E-state index in [-0.39, 0.29) is 12.5 Å². The number of likely N-dealkylation sites (tertiary alicyclic amines) is 1. The second-order valence-electron chi connectivity index (χ2n) is 4.46. The van der Waals surface area contributed by atoms with Gasteiger partial charge in [0.2, 0.25) is 5.91 Å². The van der Waals surface area contributed by atoms with Crippen LogP contribution in [0.25, 0.3) is 0 Å². The third-order valence-electron chi connectivity index (χ3n) is 2.92. The highest BCUT2D eigenvalue weighted by Crippen LogP contribution is 2.15. The highest BCUT2D eigenvalue weighted by molar-refractivity contribution is 5.94. The Morgan fingerprint density at radius 1 is 1.47 bits per heavy atom. The summed E-state index contributed by atoms with van der Waals surface area (Å²) in [5, 5.41) is 5.41. The molecule has 1 unspecified atom stereocenters. The van der Waals surface area contributed by atoms with Gasteiger partial charge in [-0.15, -0.1) is 0 Å². The van der Waals surface area contributed by atoms with Gasteiger partial charge in [-0.3, -0.25) is 15.0 Å². The number of nitrogens with one attached hydrogen (secondary N) is 2. The Kier molecular flexibility index (Phi) is 5.93. The molecule has 3 amide bonds. The van der Waals surface area contributed by atoms with E-state index in [2.05, 4.69) is 22.5 Å². The molecule has 6 nitrogen and oxygen atoms in total. The molecule has 98 valence electrons. The number of primary amides is 1. The van der Waals surface area contributed by atoms with Crippen LogP contribution in [0.4, 0.5) is 4.79 Å². The van der Waals surface area contributed by atoms with Crippen molar-refractivity contribution in [3.63, 3.8) is 0 Å². The Morgan fingerprint density at radius 3 is 2.88 bits per heavy atom. The normalized spacial score (nSPS) is 21.1. The number of carbonyl (C=O) groups is 2. The monoisotopic (exact) mass is 242 g/mol. The van der Waals surface area contributed by atoms with E-state index in [0.29, 0.717) is 5.92 Å². The molecule has 17 heavy (non-hydrogen) atoms. The number of imide groups is 1. The van der Waals surface area contributed by atoms with Gasteiger partial charge in [-0.1, -0.05) is 6.92 Å². The van der Waals surface area contributed by atoms with Crippen LogP contribution in [0, 0.1) is 5.92 Å². The summed E-state index contributed by atoms with van der Waals surface area (Å²) in [4.78, 5) is 24.0. The van der Waals surface area contributed by atoms with Crippen molar-refractivity contribution in [1.29, 1.82) is 0 Å². The van der Waals surface area contributed by atoms with Gasteiger partial charge in [-0.2, -0.15) is 0 Å². The van der Waals surface area contributed by atoms with Crippen molar-refractivity contribution < 1.29 is 9.59 Å². The predicted molar refractivity (Wildman–Crippen MR) is 65.4 cm³/mol. The fourth-order valence-corrected chi connectivity index (χ4v) is 2.19. The molecular weight excluding hydrogens is 220 g/mol. The SMILES string of the molecule is CCNCC1CCCN(CC(=O)NC(N)=O)C1. The maximum absolute atomic E-state index is 11.4. The Labute approximate surface area is 102 Å². The second-order valence-corrected chi connectivity index (χ2v) is 4.46. The Morgan fingerprint density at radius 2 is 2.24 bits per heavy atom. The van der Waals surface area contributed by atoms with Crippen molar-refractivity contribution in [2.75, 3.05) is 32.7 Å². The number of rotatable bonds is 5. The smallest absolute Gasteiger partial charge is 0.318 e. The lowest BCUT2D eigenvalue weighted by atomic mass is 9.98. The fraction of sp³-hybridized carbons (Fsp3) is 0.818. The lowest BCUT2D eigenvalue weighted by Gasteiger charge is -2.32. The van der Waals surface area contributed by atoms with E-state index in [1.54, 1.807) is 0 Å². The minimum Gasteiger partial charge on any atom is -0.351 e. The first-order chi connectivity index (χ1) is 8.11. The molecule has 0 aliphatic carbocycles. The summed E-state index contributed by atoms with van der Waals surface area (Å²) >= 11 is 0. The number of urea groups is 1. The van der Waals surface area contributed by atoms with Crippen LogP contribution < -0.4 is 16.4 Å². The summed E-state index contributed by atoms with van der Waals surface area (Å²) in [6, 6.07) is -0.781. The Balaban J connectivity index is 2.28. The first-order valence-corrected chi connectivity index (χ1v) is 6.14. The van der Waals surface area contributed by atoms with Crippen LogP contribution in [0.2, 0.25) is 0 Å². The average Bonchev–Trinajstić information content (AvgIpc) is 2.25. The zero-order valence-corrected chi connectivity index (χ0v) is 10.4. The van der Waals surface area contributed by atoms with Crippen molar-refractivity contribution in [1.82, 2.24) is 15.5 Å². The molecule has 4 N–H and O–H groups in total. The molecule has 0 aromatic rings. The molecule has 0 bridgehead atoms. The summed E-state index contributed by atoms with van der Waals surface area (Å²) in [6.07, 6.45) is 2.29. The van der Waals surface area contributed by atoms with Crippen molar-refractivity contribution in [2.24, 2.45) is 11.7 Å². The molecule has 0 aromatic carbocycles. The first kappa shape index (κ1) is 13.9. The van der Waals surface area contributed by atoms with E-state index >= 15 is 0 Å². The molecule has 0 spiro atoms. The molecule has 1 saturated heterocycles. The number of nitrogens with zero attached hydrogens (tertiary/aromatic N) is 1. The number of piperidine rings is 1. The minimum absolute atomic E-state index is 0.256. The van der Waals surface area contributed by atoms with Crippen LogP contribution in [0.5, 0.6) is 0 Å².